The van der Waals surface area contributed by atoms with E-state index in [0.29, 0.717) is 12.0 Å². The fourth-order valence-electron chi connectivity index (χ4n) is 2.31. The van der Waals surface area contributed by atoms with E-state index in [1.54, 1.807) is 7.11 Å². The molecular weight excluding hydrogens is 274 g/mol. The predicted octanol–water partition coefficient (Wildman–Crippen LogP) is 3.80. The van der Waals surface area contributed by atoms with Crippen molar-refractivity contribution in [2.24, 2.45) is 0 Å². The molecule has 0 saturated heterocycles. The molecule has 0 spiro atoms. The summed E-state index contributed by atoms with van der Waals surface area (Å²) in [6, 6.07) is 8.53. The van der Waals surface area contributed by atoms with Gasteiger partial charge in [-0.25, -0.2) is 9.97 Å². The van der Waals surface area contributed by atoms with E-state index in [-0.39, 0.29) is 0 Å². The van der Waals surface area contributed by atoms with Gasteiger partial charge in [-0.05, 0) is 31.7 Å². The molecule has 0 amide bonds. The smallest absolute Gasteiger partial charge is 0.130 e. The van der Waals surface area contributed by atoms with Gasteiger partial charge in [-0.15, -0.1) is 0 Å². The van der Waals surface area contributed by atoms with Gasteiger partial charge < -0.3 is 4.74 Å². The van der Waals surface area contributed by atoms with Gasteiger partial charge in [-0.1, -0.05) is 26.0 Å². The van der Waals surface area contributed by atoms with Crippen LogP contribution in [0.15, 0.2) is 36.7 Å². The second-order valence-corrected chi connectivity index (χ2v) is 5.97. The molecule has 0 bridgehead atoms. The predicted molar refractivity (Wildman–Crippen MR) is 89.0 cm³/mol. The van der Waals surface area contributed by atoms with Crippen LogP contribution in [0, 0.1) is 0 Å². The lowest BCUT2D eigenvalue weighted by Gasteiger charge is -2.25. The summed E-state index contributed by atoms with van der Waals surface area (Å²) in [4.78, 5) is 11.2. The molecule has 1 aromatic carbocycles. The molecular formula is C18H25N3O. The van der Waals surface area contributed by atoms with Crippen molar-refractivity contribution in [1.29, 1.82) is 0 Å². The van der Waals surface area contributed by atoms with Gasteiger partial charge in [0.15, 0.2) is 0 Å². The molecule has 22 heavy (non-hydrogen) atoms. The summed E-state index contributed by atoms with van der Waals surface area (Å²) in [5.74, 6) is 2.15. The van der Waals surface area contributed by atoms with Gasteiger partial charge in [0.2, 0.25) is 0 Å². The molecule has 0 saturated carbocycles. The molecule has 0 aliphatic heterocycles. The first-order valence-corrected chi connectivity index (χ1v) is 7.66. The van der Waals surface area contributed by atoms with E-state index in [4.69, 9.17) is 4.74 Å². The number of hydrogen-bond acceptors (Lipinski definition) is 4. The summed E-state index contributed by atoms with van der Waals surface area (Å²) in [6.45, 7) is 7.23. The Hall–Kier alpha value is -1.94. The molecule has 4 heteroatoms. The highest BCUT2D eigenvalue weighted by Crippen LogP contribution is 2.22. The summed E-state index contributed by atoms with van der Waals surface area (Å²) in [5.41, 5.74) is 2.40. The molecule has 1 heterocycles. The molecule has 0 fully saturated rings. The third-order valence-corrected chi connectivity index (χ3v) is 3.93. The third kappa shape index (κ3) is 4.04. The highest BCUT2D eigenvalue weighted by molar-refractivity contribution is 5.29. The lowest BCUT2D eigenvalue weighted by Crippen LogP contribution is -2.22. The van der Waals surface area contributed by atoms with E-state index in [2.05, 4.69) is 54.8 Å². The molecule has 118 valence electrons. The Kier molecular flexibility index (Phi) is 5.50. The number of aromatic nitrogens is 2. The minimum Gasteiger partial charge on any atom is -0.497 e. The summed E-state index contributed by atoms with van der Waals surface area (Å²) in [5, 5.41) is 0. The van der Waals surface area contributed by atoms with Crippen molar-refractivity contribution in [1.82, 2.24) is 14.9 Å². The molecule has 4 nitrogen and oxygen atoms in total. The van der Waals surface area contributed by atoms with Crippen LogP contribution in [0.4, 0.5) is 0 Å². The first-order valence-electron chi connectivity index (χ1n) is 7.66. The normalized spacial score (nSPS) is 12.7. The van der Waals surface area contributed by atoms with Crippen molar-refractivity contribution in [3.63, 3.8) is 0 Å². The Labute approximate surface area is 133 Å². The molecule has 0 aliphatic rings. The monoisotopic (exact) mass is 299 g/mol. The maximum absolute atomic E-state index is 5.21. The molecule has 1 unspecified atom stereocenters. The van der Waals surface area contributed by atoms with Gasteiger partial charge >= 0.3 is 0 Å². The third-order valence-electron chi connectivity index (χ3n) is 3.93. The average molecular weight is 299 g/mol. The van der Waals surface area contributed by atoms with E-state index < -0.39 is 0 Å². The van der Waals surface area contributed by atoms with E-state index in [1.165, 1.54) is 5.56 Å². The topological polar surface area (TPSA) is 38.2 Å². The molecule has 0 radical (unpaired) electrons. The molecule has 0 aliphatic carbocycles. The van der Waals surface area contributed by atoms with Crippen LogP contribution in [-0.4, -0.2) is 29.0 Å². The van der Waals surface area contributed by atoms with Crippen LogP contribution in [-0.2, 0) is 6.54 Å². The Morgan fingerprint density at radius 1 is 1.05 bits per heavy atom. The van der Waals surface area contributed by atoms with E-state index >= 15 is 0 Å². The molecule has 1 atom stereocenters. The molecule has 1 aromatic heterocycles. The first kappa shape index (κ1) is 16.4. The minimum atomic E-state index is 0.315. The van der Waals surface area contributed by atoms with E-state index in [9.17, 15) is 0 Å². The Bertz CT molecular complexity index is 578. The molecule has 2 aromatic rings. The van der Waals surface area contributed by atoms with Gasteiger partial charge in [0.05, 0.1) is 7.11 Å². The maximum atomic E-state index is 5.21. The van der Waals surface area contributed by atoms with Crippen LogP contribution in [0.2, 0.25) is 0 Å². The highest BCUT2D eigenvalue weighted by Gasteiger charge is 2.13. The first-order chi connectivity index (χ1) is 10.5. The number of rotatable bonds is 6. The Balaban J connectivity index is 2.02. The standard InChI is InChI=1S/C18H25N3O/c1-13(2)18-19-10-15(11-20-18)12-21(4)14(3)16-6-8-17(22-5)9-7-16/h6-11,13-14H,12H2,1-5H3. The lowest BCUT2D eigenvalue weighted by atomic mass is 10.1. The number of ether oxygens (including phenoxy) is 1. The maximum Gasteiger partial charge on any atom is 0.130 e. The second-order valence-electron chi connectivity index (χ2n) is 5.97. The van der Waals surface area contributed by atoms with Crippen molar-refractivity contribution in [2.45, 2.75) is 39.3 Å². The van der Waals surface area contributed by atoms with Crippen molar-refractivity contribution in [2.75, 3.05) is 14.2 Å². The van der Waals surface area contributed by atoms with Crippen molar-refractivity contribution in [3.05, 3.63) is 53.6 Å². The van der Waals surface area contributed by atoms with Gasteiger partial charge in [0, 0.05) is 36.5 Å². The summed E-state index contributed by atoms with van der Waals surface area (Å²) < 4.78 is 5.21. The lowest BCUT2D eigenvalue weighted by molar-refractivity contribution is 0.252. The summed E-state index contributed by atoms with van der Waals surface area (Å²) >= 11 is 0. The number of methoxy groups -OCH3 is 1. The van der Waals surface area contributed by atoms with Gasteiger partial charge in [-0.3, -0.25) is 4.90 Å². The van der Waals surface area contributed by atoms with Gasteiger partial charge in [-0.2, -0.15) is 0 Å². The van der Waals surface area contributed by atoms with Crippen LogP contribution < -0.4 is 4.74 Å². The van der Waals surface area contributed by atoms with Gasteiger partial charge in [0.1, 0.15) is 11.6 Å². The van der Waals surface area contributed by atoms with Crippen molar-refractivity contribution >= 4 is 0 Å². The largest absolute Gasteiger partial charge is 0.497 e. The van der Waals surface area contributed by atoms with Crippen molar-refractivity contribution < 1.29 is 4.74 Å². The van der Waals surface area contributed by atoms with Gasteiger partial charge in [0.25, 0.3) is 0 Å². The zero-order valence-electron chi connectivity index (χ0n) is 14.1. The number of nitrogens with zero attached hydrogens (tertiary/aromatic N) is 3. The van der Waals surface area contributed by atoms with Crippen LogP contribution in [0.5, 0.6) is 5.75 Å². The quantitative estimate of drug-likeness (QED) is 0.813. The van der Waals surface area contributed by atoms with E-state index in [0.717, 1.165) is 23.7 Å². The summed E-state index contributed by atoms with van der Waals surface area (Å²) in [7, 11) is 3.80. The highest BCUT2D eigenvalue weighted by atomic mass is 16.5. The van der Waals surface area contributed by atoms with Crippen LogP contribution >= 0.6 is 0 Å². The average Bonchev–Trinajstić information content (AvgIpc) is 2.54. The van der Waals surface area contributed by atoms with Crippen LogP contribution in [0.25, 0.3) is 0 Å². The number of benzene rings is 1. The van der Waals surface area contributed by atoms with Crippen LogP contribution in [0.3, 0.4) is 0 Å². The Morgan fingerprint density at radius 2 is 1.64 bits per heavy atom. The van der Waals surface area contributed by atoms with Crippen molar-refractivity contribution in [3.8, 4) is 5.75 Å². The fraction of sp³-hybridized carbons (Fsp3) is 0.444. The Morgan fingerprint density at radius 3 is 2.14 bits per heavy atom. The fourth-order valence-corrected chi connectivity index (χ4v) is 2.31. The zero-order chi connectivity index (χ0) is 16.1. The summed E-state index contributed by atoms with van der Waals surface area (Å²) in [6.07, 6.45) is 3.86. The molecule has 0 N–H and O–H groups in total. The SMILES string of the molecule is COc1ccc(C(C)N(C)Cc2cnc(C(C)C)nc2)cc1. The van der Waals surface area contributed by atoms with E-state index in [1.807, 2.05) is 24.5 Å². The minimum absolute atomic E-state index is 0.315. The number of hydrogen-bond donors (Lipinski definition) is 0. The molecule has 2 rings (SSSR count). The zero-order valence-corrected chi connectivity index (χ0v) is 14.1. The van der Waals surface area contributed by atoms with Crippen LogP contribution in [0.1, 0.15) is 49.7 Å². The second kappa shape index (κ2) is 7.36.